The Morgan fingerprint density at radius 1 is 0.805 bits per heavy atom. The molecule has 2 atom stereocenters. The molecule has 2 aliphatic rings. The molecule has 0 amide bonds. The summed E-state index contributed by atoms with van der Waals surface area (Å²) in [7, 11) is 0. The summed E-state index contributed by atoms with van der Waals surface area (Å²) in [5.74, 6) is 0.689. The minimum Gasteiger partial charge on any atom is -0.507 e. The molecule has 206 valence electrons. The van der Waals surface area contributed by atoms with E-state index in [2.05, 4.69) is 98.9 Å². The quantitative estimate of drug-likeness (QED) is 0.220. The number of rotatable bonds is 2. The lowest BCUT2D eigenvalue weighted by Gasteiger charge is -2.32. The molecule has 3 nitrogen and oxygen atoms in total. The van der Waals surface area contributed by atoms with Gasteiger partial charge in [0, 0.05) is 28.5 Å². The van der Waals surface area contributed by atoms with Gasteiger partial charge in [0.25, 0.3) is 0 Å². The fraction of sp³-hybridized carbons (Fsp3) is 0.237. The topological polar surface area (TPSA) is 49.3 Å². The highest BCUT2D eigenvalue weighted by Gasteiger charge is 2.32. The Kier molecular flexibility index (Phi) is 6.91. The molecule has 5 aromatic carbocycles. The molecule has 0 bridgehead atoms. The van der Waals surface area contributed by atoms with Crippen LogP contribution in [0.4, 0.5) is 5.69 Å². The number of fused-ring (bicyclic) bond motifs is 6. The summed E-state index contributed by atoms with van der Waals surface area (Å²) in [6.07, 6.45) is 4.08. The molecule has 41 heavy (non-hydrogen) atoms. The van der Waals surface area contributed by atoms with Crippen molar-refractivity contribution in [3.8, 4) is 5.75 Å². The summed E-state index contributed by atoms with van der Waals surface area (Å²) in [5, 5.41) is 18.3. The number of para-hydroxylation sites is 1. The second-order valence-corrected chi connectivity index (χ2v) is 12.0. The van der Waals surface area contributed by atoms with Crippen molar-refractivity contribution in [2.45, 2.75) is 57.9 Å². The van der Waals surface area contributed by atoms with Crippen LogP contribution >= 0.6 is 0 Å². The van der Waals surface area contributed by atoms with E-state index in [-0.39, 0.29) is 23.2 Å². The van der Waals surface area contributed by atoms with E-state index in [0.717, 1.165) is 39.9 Å². The number of carbonyl (C=O) groups is 1. The van der Waals surface area contributed by atoms with Crippen LogP contribution in [-0.2, 0) is 4.79 Å². The van der Waals surface area contributed by atoms with Gasteiger partial charge in [-0.2, -0.15) is 0 Å². The number of phenols is 1. The number of carbonyl (C=O) groups excluding carboxylic acids is 1. The summed E-state index contributed by atoms with van der Waals surface area (Å²) >= 11 is 0. The highest BCUT2D eigenvalue weighted by Crippen LogP contribution is 2.47. The van der Waals surface area contributed by atoms with Crippen molar-refractivity contribution in [1.29, 1.82) is 0 Å². The van der Waals surface area contributed by atoms with E-state index in [0.29, 0.717) is 5.75 Å². The van der Waals surface area contributed by atoms with Gasteiger partial charge in [0.2, 0.25) is 0 Å². The number of hydrogen-bond donors (Lipinski definition) is 2. The lowest BCUT2D eigenvalue weighted by molar-refractivity contribution is -0.118. The van der Waals surface area contributed by atoms with Gasteiger partial charge in [-0.3, -0.25) is 4.79 Å². The summed E-state index contributed by atoms with van der Waals surface area (Å²) in [6.45, 7) is 8.24. The van der Waals surface area contributed by atoms with E-state index in [1.807, 2.05) is 30.3 Å². The smallest absolute Gasteiger partial charge is 0.137 e. The zero-order valence-corrected chi connectivity index (χ0v) is 24.2. The molecular formula is C38H37NO2. The second-order valence-electron chi connectivity index (χ2n) is 12.0. The van der Waals surface area contributed by atoms with Crippen molar-refractivity contribution >= 4 is 38.6 Å². The average Bonchev–Trinajstić information content (AvgIpc) is 2.97. The van der Waals surface area contributed by atoms with Crippen molar-refractivity contribution < 1.29 is 9.90 Å². The maximum Gasteiger partial charge on any atom is 0.137 e. The lowest BCUT2D eigenvalue weighted by Crippen LogP contribution is -2.31. The highest BCUT2D eigenvalue weighted by molar-refractivity contribution is 6.12. The second kappa shape index (κ2) is 10.6. The summed E-state index contributed by atoms with van der Waals surface area (Å²) in [4.78, 5) is 12.4. The normalized spacial score (nSPS) is 18.8. The van der Waals surface area contributed by atoms with Crippen LogP contribution in [0.2, 0.25) is 0 Å². The molecule has 0 aromatic heterocycles. The largest absolute Gasteiger partial charge is 0.507 e. The van der Waals surface area contributed by atoms with Crippen molar-refractivity contribution in [2.75, 3.05) is 5.32 Å². The Hall–Kier alpha value is -4.37. The number of phenolic OH excluding ortho intramolecular Hbond substituents is 1. The van der Waals surface area contributed by atoms with E-state index < -0.39 is 0 Å². The van der Waals surface area contributed by atoms with Crippen LogP contribution < -0.4 is 5.32 Å². The fourth-order valence-corrected chi connectivity index (χ4v) is 6.90. The monoisotopic (exact) mass is 539 g/mol. The van der Waals surface area contributed by atoms with Gasteiger partial charge in [-0.1, -0.05) is 91.0 Å². The molecule has 2 N–H and O–H groups in total. The number of nitrogens with one attached hydrogen (secondary N) is 1. The number of benzene rings is 5. The van der Waals surface area contributed by atoms with Crippen LogP contribution in [0.25, 0.3) is 27.1 Å². The van der Waals surface area contributed by atoms with Gasteiger partial charge in [-0.25, -0.2) is 0 Å². The Balaban J connectivity index is 0.000000195. The third-order valence-electron chi connectivity index (χ3n) is 8.64. The van der Waals surface area contributed by atoms with E-state index in [9.17, 15) is 9.90 Å². The molecule has 7 rings (SSSR count). The average molecular weight is 540 g/mol. The molecule has 0 fully saturated rings. The van der Waals surface area contributed by atoms with Crippen molar-refractivity contribution in [2.24, 2.45) is 0 Å². The lowest BCUT2D eigenvalue weighted by atomic mass is 9.71. The van der Waals surface area contributed by atoms with Crippen LogP contribution in [-0.4, -0.2) is 16.4 Å². The number of anilines is 1. The van der Waals surface area contributed by atoms with Crippen molar-refractivity contribution in [1.82, 2.24) is 0 Å². The van der Waals surface area contributed by atoms with Gasteiger partial charge in [0.05, 0.1) is 5.54 Å². The van der Waals surface area contributed by atoms with Crippen LogP contribution in [0.15, 0.2) is 103 Å². The summed E-state index contributed by atoms with van der Waals surface area (Å²) < 4.78 is 0. The first-order valence-electron chi connectivity index (χ1n) is 14.5. The molecule has 1 aliphatic heterocycles. The zero-order valence-electron chi connectivity index (χ0n) is 24.2. The van der Waals surface area contributed by atoms with Gasteiger partial charge in [0.1, 0.15) is 11.5 Å². The summed E-state index contributed by atoms with van der Waals surface area (Å²) in [6, 6.07) is 33.1. The van der Waals surface area contributed by atoms with Crippen molar-refractivity contribution in [3.63, 3.8) is 0 Å². The third-order valence-corrected chi connectivity index (χ3v) is 8.64. The third kappa shape index (κ3) is 5.02. The van der Waals surface area contributed by atoms with Gasteiger partial charge in [-0.05, 0) is 91.1 Å². The number of ketones is 1. The molecule has 0 radical (unpaired) electrons. The first-order valence-corrected chi connectivity index (χ1v) is 14.5. The Morgan fingerprint density at radius 3 is 2.22 bits per heavy atom. The Morgan fingerprint density at radius 2 is 1.46 bits per heavy atom. The van der Waals surface area contributed by atoms with E-state index in [1.54, 1.807) is 6.92 Å². The molecule has 1 aliphatic carbocycles. The van der Waals surface area contributed by atoms with Crippen LogP contribution in [0.3, 0.4) is 0 Å². The number of hydrogen-bond acceptors (Lipinski definition) is 3. The number of Topliss-reactive ketones (excluding diaryl/α,β-unsaturated/α-hetero) is 1. The minimum absolute atomic E-state index is 0.0621. The Bertz CT molecular complexity index is 1800. The number of aromatic hydroxyl groups is 1. The summed E-state index contributed by atoms with van der Waals surface area (Å²) in [5.41, 5.74) is 7.60. The predicted octanol–water partition coefficient (Wildman–Crippen LogP) is 9.59. The van der Waals surface area contributed by atoms with Crippen molar-refractivity contribution in [3.05, 3.63) is 125 Å². The van der Waals surface area contributed by atoms with Gasteiger partial charge in [-0.15, -0.1) is 0 Å². The molecule has 1 heterocycles. The molecule has 0 saturated carbocycles. The molecule has 3 heteroatoms. The van der Waals surface area contributed by atoms with Crippen LogP contribution in [0, 0.1) is 0 Å². The van der Waals surface area contributed by atoms with E-state index >= 15 is 0 Å². The van der Waals surface area contributed by atoms with Gasteiger partial charge in [0.15, 0.2) is 0 Å². The van der Waals surface area contributed by atoms with Crippen LogP contribution in [0.1, 0.15) is 74.6 Å². The zero-order chi connectivity index (χ0) is 28.7. The fourth-order valence-electron chi connectivity index (χ4n) is 6.90. The Labute approximate surface area is 242 Å². The first-order chi connectivity index (χ1) is 19.7. The molecule has 2 unspecified atom stereocenters. The van der Waals surface area contributed by atoms with Crippen LogP contribution in [0.5, 0.6) is 5.75 Å². The number of allylic oxidation sites excluding steroid dienone is 1. The maximum absolute atomic E-state index is 12.4. The van der Waals surface area contributed by atoms with E-state index in [4.69, 9.17) is 0 Å². The molecular weight excluding hydrogens is 502 g/mol. The minimum atomic E-state index is -0.0621. The van der Waals surface area contributed by atoms with Gasteiger partial charge >= 0.3 is 0 Å². The predicted molar refractivity (Wildman–Crippen MR) is 172 cm³/mol. The molecule has 0 spiro atoms. The maximum atomic E-state index is 12.4. The van der Waals surface area contributed by atoms with E-state index in [1.165, 1.54) is 28.0 Å². The van der Waals surface area contributed by atoms with Gasteiger partial charge < -0.3 is 10.4 Å². The highest BCUT2D eigenvalue weighted by atomic mass is 16.3. The molecule has 0 saturated heterocycles. The first kappa shape index (κ1) is 26.8. The molecule has 5 aromatic rings. The standard InChI is InChI=1S/C26H22O2.C12H15N/c1-16(27)18-11-12-19(17-7-3-2-4-8-17)26-23(18)14-13-21-20-9-5-6-10-22(20)25(28)15-24(21)26;1-9-8-12(2,3)13-11-7-5-4-6-10(9)11/h2-10,13-15,18-19,28H,11-12H2,1H3;4-8,13H,1-3H3. The SMILES string of the molecule is CC(=O)C1CCC(c2ccccc2)c2c1ccc1c2cc(O)c2ccccc21.CC1=CC(C)(C)Nc2ccccc21.